The lowest BCUT2D eigenvalue weighted by Crippen LogP contribution is -2.04. The SMILES string of the molecule is Sc1ccc(Sc2ccc([S+](c3ccccc3)c3ccccc3)cc2)cc1. The Morgan fingerprint density at radius 3 is 1.37 bits per heavy atom. The highest BCUT2D eigenvalue weighted by Crippen LogP contribution is 2.34. The van der Waals surface area contributed by atoms with Gasteiger partial charge >= 0.3 is 0 Å². The van der Waals surface area contributed by atoms with Gasteiger partial charge in [0.25, 0.3) is 0 Å². The quantitative estimate of drug-likeness (QED) is 0.271. The predicted molar refractivity (Wildman–Crippen MR) is 119 cm³/mol. The molecule has 0 unspecified atom stereocenters. The van der Waals surface area contributed by atoms with Crippen molar-refractivity contribution >= 4 is 35.3 Å². The average molecular weight is 404 g/mol. The second-order valence-electron chi connectivity index (χ2n) is 6.00. The molecule has 0 saturated carbocycles. The molecule has 0 aliphatic rings. The minimum atomic E-state index is -0.0918. The van der Waals surface area contributed by atoms with Gasteiger partial charge in [-0.05, 0) is 72.8 Å². The van der Waals surface area contributed by atoms with Crippen molar-refractivity contribution in [1.29, 1.82) is 0 Å². The minimum Gasteiger partial charge on any atom is -0.143 e. The Balaban J connectivity index is 1.64. The van der Waals surface area contributed by atoms with Crippen LogP contribution in [0, 0.1) is 0 Å². The lowest BCUT2D eigenvalue weighted by Gasteiger charge is -2.08. The smallest absolute Gasteiger partial charge is 0.143 e. The Bertz CT molecular complexity index is 940. The Morgan fingerprint density at radius 2 is 0.889 bits per heavy atom. The molecule has 3 heteroatoms. The largest absolute Gasteiger partial charge is 0.166 e. The average Bonchev–Trinajstić information content (AvgIpc) is 2.73. The standard InChI is InChI=1S/C24H18S3/c25-19-11-13-20(14-12-19)26-21-15-17-24(18-16-21)27(22-7-3-1-4-8-22)23-9-5-2-6-10-23/h1-18H/p+1. The van der Waals surface area contributed by atoms with Crippen LogP contribution in [0.15, 0.2) is 139 Å². The molecule has 4 aromatic rings. The molecular weight excluding hydrogens is 384 g/mol. The summed E-state index contributed by atoms with van der Waals surface area (Å²) in [6.07, 6.45) is 0. The molecule has 0 aliphatic carbocycles. The van der Waals surface area contributed by atoms with E-state index in [1.807, 2.05) is 12.1 Å². The third-order valence-electron chi connectivity index (χ3n) is 4.09. The van der Waals surface area contributed by atoms with E-state index in [0.717, 1.165) is 4.90 Å². The zero-order valence-corrected chi connectivity index (χ0v) is 17.2. The molecule has 0 amide bonds. The van der Waals surface area contributed by atoms with Crippen LogP contribution in [0.25, 0.3) is 0 Å². The van der Waals surface area contributed by atoms with E-state index < -0.39 is 0 Å². The molecule has 0 aromatic heterocycles. The summed E-state index contributed by atoms with van der Waals surface area (Å²) in [6.45, 7) is 0. The molecule has 132 valence electrons. The van der Waals surface area contributed by atoms with Gasteiger partial charge in [0.05, 0.1) is 10.9 Å². The number of thiol groups is 1. The van der Waals surface area contributed by atoms with E-state index in [9.17, 15) is 0 Å². The highest BCUT2D eigenvalue weighted by atomic mass is 32.2. The number of benzene rings is 4. The van der Waals surface area contributed by atoms with E-state index in [0.29, 0.717) is 0 Å². The Morgan fingerprint density at radius 1 is 0.481 bits per heavy atom. The van der Waals surface area contributed by atoms with Gasteiger partial charge in [-0.15, -0.1) is 12.6 Å². The zero-order valence-electron chi connectivity index (χ0n) is 14.7. The molecular formula is C24H19S3+. The lowest BCUT2D eigenvalue weighted by molar-refractivity contribution is 1.28. The Kier molecular flexibility index (Phi) is 5.93. The number of hydrogen-bond acceptors (Lipinski definition) is 2. The van der Waals surface area contributed by atoms with Crippen LogP contribution >= 0.6 is 24.4 Å². The summed E-state index contributed by atoms with van der Waals surface area (Å²) in [7, 11) is -0.0918. The molecule has 0 heterocycles. The fourth-order valence-corrected chi connectivity index (χ4v) is 5.86. The molecule has 0 spiro atoms. The zero-order chi connectivity index (χ0) is 18.5. The molecule has 4 aromatic carbocycles. The van der Waals surface area contributed by atoms with E-state index in [2.05, 4.69) is 110 Å². The first-order valence-electron chi connectivity index (χ1n) is 8.71. The van der Waals surface area contributed by atoms with Crippen LogP contribution in [0.1, 0.15) is 0 Å². The molecule has 0 fully saturated rings. The molecule has 0 radical (unpaired) electrons. The van der Waals surface area contributed by atoms with Gasteiger partial charge in [-0.25, -0.2) is 0 Å². The van der Waals surface area contributed by atoms with Crippen molar-refractivity contribution in [3.8, 4) is 0 Å². The fourth-order valence-electron chi connectivity index (χ4n) is 2.82. The Labute approximate surface area is 173 Å². The maximum Gasteiger partial charge on any atom is 0.166 e. The normalized spacial score (nSPS) is 10.9. The molecule has 0 N–H and O–H groups in total. The summed E-state index contributed by atoms with van der Waals surface area (Å²) in [5.41, 5.74) is 0. The monoisotopic (exact) mass is 403 g/mol. The van der Waals surface area contributed by atoms with E-state index in [1.165, 1.54) is 24.5 Å². The summed E-state index contributed by atoms with van der Waals surface area (Å²) in [6, 6.07) is 38.8. The predicted octanol–water partition coefficient (Wildman–Crippen LogP) is 7.22. The first kappa shape index (κ1) is 18.3. The summed E-state index contributed by atoms with van der Waals surface area (Å²) < 4.78 is 0. The fraction of sp³-hybridized carbons (Fsp3) is 0. The highest BCUT2D eigenvalue weighted by molar-refractivity contribution is 7.99. The molecule has 27 heavy (non-hydrogen) atoms. The number of hydrogen-bond donors (Lipinski definition) is 1. The third kappa shape index (κ3) is 4.62. The van der Waals surface area contributed by atoms with Gasteiger partial charge in [-0.3, -0.25) is 0 Å². The highest BCUT2D eigenvalue weighted by Gasteiger charge is 2.27. The number of rotatable bonds is 5. The van der Waals surface area contributed by atoms with Crippen LogP contribution < -0.4 is 0 Å². The van der Waals surface area contributed by atoms with E-state index in [1.54, 1.807) is 11.8 Å². The second kappa shape index (κ2) is 8.75. The van der Waals surface area contributed by atoms with Gasteiger partial charge in [0, 0.05) is 14.7 Å². The summed E-state index contributed by atoms with van der Waals surface area (Å²) in [4.78, 5) is 7.48. The van der Waals surface area contributed by atoms with Crippen LogP contribution in [0.5, 0.6) is 0 Å². The van der Waals surface area contributed by atoms with E-state index in [-0.39, 0.29) is 10.9 Å². The van der Waals surface area contributed by atoms with Crippen LogP contribution in [-0.4, -0.2) is 0 Å². The maximum absolute atomic E-state index is 4.35. The second-order valence-corrected chi connectivity index (χ2v) is 9.69. The van der Waals surface area contributed by atoms with Crippen molar-refractivity contribution in [3.63, 3.8) is 0 Å². The van der Waals surface area contributed by atoms with Gasteiger partial charge in [-0.1, -0.05) is 48.2 Å². The Hall–Kier alpha value is -2.07. The van der Waals surface area contributed by atoms with Crippen LogP contribution in [0.2, 0.25) is 0 Å². The van der Waals surface area contributed by atoms with E-state index in [4.69, 9.17) is 0 Å². The molecule has 0 aliphatic heterocycles. The molecule has 0 saturated heterocycles. The van der Waals surface area contributed by atoms with Crippen LogP contribution in [0.4, 0.5) is 0 Å². The van der Waals surface area contributed by atoms with Crippen molar-refractivity contribution < 1.29 is 0 Å². The van der Waals surface area contributed by atoms with Gasteiger partial charge in [-0.2, -0.15) is 0 Å². The summed E-state index contributed by atoms with van der Waals surface area (Å²) in [5, 5.41) is 0. The van der Waals surface area contributed by atoms with Gasteiger partial charge < -0.3 is 0 Å². The first-order valence-corrected chi connectivity index (χ1v) is 11.2. The van der Waals surface area contributed by atoms with Crippen molar-refractivity contribution in [3.05, 3.63) is 109 Å². The van der Waals surface area contributed by atoms with Crippen molar-refractivity contribution in [1.82, 2.24) is 0 Å². The first-order chi connectivity index (χ1) is 13.3. The molecule has 0 nitrogen and oxygen atoms in total. The summed E-state index contributed by atoms with van der Waals surface area (Å²) >= 11 is 6.13. The van der Waals surface area contributed by atoms with Crippen molar-refractivity contribution in [2.45, 2.75) is 29.4 Å². The van der Waals surface area contributed by atoms with Crippen LogP contribution in [-0.2, 0) is 10.9 Å². The van der Waals surface area contributed by atoms with Gasteiger partial charge in [0.15, 0.2) is 14.7 Å². The lowest BCUT2D eigenvalue weighted by atomic mass is 10.3. The maximum atomic E-state index is 4.35. The molecule has 0 bridgehead atoms. The van der Waals surface area contributed by atoms with E-state index >= 15 is 0 Å². The van der Waals surface area contributed by atoms with Crippen LogP contribution in [0.3, 0.4) is 0 Å². The van der Waals surface area contributed by atoms with Gasteiger partial charge in [0.2, 0.25) is 0 Å². The third-order valence-corrected chi connectivity index (χ3v) is 7.63. The molecule has 0 atom stereocenters. The summed E-state index contributed by atoms with van der Waals surface area (Å²) in [5.74, 6) is 0. The molecule has 4 rings (SSSR count). The van der Waals surface area contributed by atoms with Crippen molar-refractivity contribution in [2.24, 2.45) is 0 Å². The van der Waals surface area contributed by atoms with Crippen molar-refractivity contribution in [2.75, 3.05) is 0 Å². The topological polar surface area (TPSA) is 0 Å². The minimum absolute atomic E-state index is 0.0918. The van der Waals surface area contributed by atoms with Gasteiger partial charge in [0.1, 0.15) is 0 Å².